The minimum Gasteiger partial charge on any atom is -0.490 e. The maximum absolute atomic E-state index is 11.5. The molecule has 1 aliphatic heterocycles. The molecule has 1 amide bonds. The highest BCUT2D eigenvalue weighted by molar-refractivity contribution is 5.90. The lowest BCUT2D eigenvalue weighted by atomic mass is 10.0. The number of piperidine rings is 1. The molecule has 0 bridgehead atoms. The van der Waals surface area contributed by atoms with E-state index in [-0.39, 0.29) is 12.0 Å². The molecule has 2 N–H and O–H groups in total. The van der Waals surface area contributed by atoms with Crippen LogP contribution in [0.15, 0.2) is 79.1 Å². The Hall–Kier alpha value is -4.46. The number of aromatic nitrogens is 3. The van der Waals surface area contributed by atoms with E-state index in [1.807, 2.05) is 61.5 Å². The van der Waals surface area contributed by atoms with Crippen LogP contribution in [-0.2, 0) is 4.79 Å². The molecule has 0 spiro atoms. The summed E-state index contributed by atoms with van der Waals surface area (Å²) in [5.74, 6) is 1.90. The van der Waals surface area contributed by atoms with Gasteiger partial charge in [-0.25, -0.2) is 9.97 Å². The Morgan fingerprint density at radius 3 is 2.43 bits per heavy atom. The second-order valence-electron chi connectivity index (χ2n) is 9.06. The molecular weight excluding hydrogens is 464 g/mol. The van der Waals surface area contributed by atoms with Gasteiger partial charge in [-0.05, 0) is 36.2 Å². The van der Waals surface area contributed by atoms with Gasteiger partial charge in [0.25, 0.3) is 0 Å². The largest absolute Gasteiger partial charge is 0.490 e. The van der Waals surface area contributed by atoms with E-state index in [9.17, 15) is 4.79 Å². The van der Waals surface area contributed by atoms with Gasteiger partial charge in [-0.2, -0.15) is 4.98 Å². The van der Waals surface area contributed by atoms with Crippen molar-refractivity contribution in [3.8, 4) is 16.9 Å². The molecule has 1 fully saturated rings. The number of nitrogens with one attached hydrogen (secondary N) is 2. The number of hydrogen-bond donors (Lipinski definition) is 2. The number of ether oxygens (including phenoxy) is 1. The highest BCUT2D eigenvalue weighted by Gasteiger charge is 2.23. The van der Waals surface area contributed by atoms with Crippen molar-refractivity contribution >= 4 is 29.2 Å². The SMILES string of the molecule is CC(=O)Nc1cccc(Nc2ncnc(N3CCC(Oc4ccccc4-c4ccccc4)CC3)n2)c1C. The van der Waals surface area contributed by atoms with Crippen LogP contribution in [0.2, 0.25) is 0 Å². The van der Waals surface area contributed by atoms with E-state index in [1.54, 1.807) is 0 Å². The van der Waals surface area contributed by atoms with E-state index in [0.717, 1.165) is 59.7 Å². The number of rotatable bonds is 7. The van der Waals surface area contributed by atoms with Crippen LogP contribution < -0.4 is 20.3 Å². The standard InChI is InChI=1S/C29H30N6O2/c1-20-25(32-21(2)36)12-8-13-26(20)33-28-30-19-31-29(34-28)35-17-15-23(16-18-35)37-27-14-7-6-11-24(27)22-9-4-3-5-10-22/h3-14,19,23H,15-18H2,1-2H3,(H,32,36)(H,30,31,33,34). The molecule has 8 heteroatoms. The highest BCUT2D eigenvalue weighted by Crippen LogP contribution is 2.32. The van der Waals surface area contributed by atoms with E-state index in [0.29, 0.717) is 11.9 Å². The van der Waals surface area contributed by atoms with Gasteiger partial charge in [-0.15, -0.1) is 0 Å². The Kier molecular flexibility index (Phi) is 7.26. The van der Waals surface area contributed by atoms with Crippen LogP contribution in [-0.4, -0.2) is 40.1 Å². The van der Waals surface area contributed by atoms with E-state index in [1.165, 1.54) is 13.3 Å². The molecule has 188 valence electrons. The number of benzene rings is 3. The molecule has 0 radical (unpaired) electrons. The van der Waals surface area contributed by atoms with Crippen LogP contribution in [0.1, 0.15) is 25.3 Å². The van der Waals surface area contributed by atoms with Crippen molar-refractivity contribution in [2.45, 2.75) is 32.8 Å². The van der Waals surface area contributed by atoms with Crippen LogP contribution in [0.3, 0.4) is 0 Å². The van der Waals surface area contributed by atoms with Gasteiger partial charge in [0.15, 0.2) is 0 Å². The summed E-state index contributed by atoms with van der Waals surface area (Å²) < 4.78 is 6.46. The third-order valence-electron chi connectivity index (χ3n) is 6.44. The Morgan fingerprint density at radius 1 is 0.919 bits per heavy atom. The number of nitrogens with zero attached hydrogens (tertiary/aromatic N) is 4. The molecule has 1 saturated heterocycles. The summed E-state index contributed by atoms with van der Waals surface area (Å²) in [5, 5.41) is 6.11. The summed E-state index contributed by atoms with van der Waals surface area (Å²) in [7, 11) is 0. The molecule has 0 unspecified atom stereocenters. The second-order valence-corrected chi connectivity index (χ2v) is 9.06. The van der Waals surface area contributed by atoms with E-state index in [4.69, 9.17) is 4.74 Å². The van der Waals surface area contributed by atoms with Crippen LogP contribution in [0.25, 0.3) is 11.1 Å². The monoisotopic (exact) mass is 494 g/mol. The highest BCUT2D eigenvalue weighted by atomic mass is 16.5. The van der Waals surface area contributed by atoms with Gasteiger partial charge in [-0.1, -0.05) is 54.6 Å². The van der Waals surface area contributed by atoms with Crippen LogP contribution in [0.4, 0.5) is 23.3 Å². The van der Waals surface area contributed by atoms with Gasteiger partial charge < -0.3 is 20.3 Å². The lowest BCUT2D eigenvalue weighted by molar-refractivity contribution is -0.114. The Balaban J connectivity index is 1.23. The minimum absolute atomic E-state index is 0.112. The molecular formula is C29H30N6O2. The summed E-state index contributed by atoms with van der Waals surface area (Å²) >= 11 is 0. The van der Waals surface area contributed by atoms with Gasteiger partial charge in [0, 0.05) is 49.8 Å². The summed E-state index contributed by atoms with van der Waals surface area (Å²) in [6.07, 6.45) is 3.39. The fraction of sp³-hybridized carbons (Fsp3) is 0.241. The lowest BCUT2D eigenvalue weighted by Crippen LogP contribution is -2.39. The number of para-hydroxylation sites is 1. The molecule has 37 heavy (non-hydrogen) atoms. The molecule has 0 atom stereocenters. The smallest absolute Gasteiger partial charge is 0.232 e. The van der Waals surface area contributed by atoms with Crippen molar-refractivity contribution < 1.29 is 9.53 Å². The molecule has 1 aliphatic rings. The Labute approximate surface area is 216 Å². The molecule has 0 aliphatic carbocycles. The van der Waals surface area contributed by atoms with Gasteiger partial charge >= 0.3 is 0 Å². The van der Waals surface area contributed by atoms with E-state index >= 15 is 0 Å². The van der Waals surface area contributed by atoms with E-state index in [2.05, 4.69) is 48.7 Å². The molecule has 8 nitrogen and oxygen atoms in total. The third kappa shape index (κ3) is 5.86. The first-order chi connectivity index (χ1) is 18.1. The quantitative estimate of drug-likeness (QED) is 0.346. The zero-order valence-corrected chi connectivity index (χ0v) is 21.0. The first-order valence-electron chi connectivity index (χ1n) is 12.5. The topological polar surface area (TPSA) is 92.3 Å². The summed E-state index contributed by atoms with van der Waals surface area (Å²) in [5.41, 5.74) is 4.75. The number of carbonyl (C=O) groups is 1. The zero-order valence-electron chi connectivity index (χ0n) is 21.0. The number of hydrogen-bond acceptors (Lipinski definition) is 7. The maximum atomic E-state index is 11.5. The molecule has 3 aromatic carbocycles. The molecule has 5 rings (SSSR count). The normalized spacial score (nSPS) is 13.7. The third-order valence-corrected chi connectivity index (χ3v) is 6.44. The van der Waals surface area contributed by atoms with Crippen LogP contribution in [0, 0.1) is 6.92 Å². The number of amides is 1. The predicted molar refractivity (Wildman–Crippen MR) is 146 cm³/mol. The average Bonchev–Trinajstić information content (AvgIpc) is 2.92. The second kappa shape index (κ2) is 11.1. The minimum atomic E-state index is -0.112. The first kappa shape index (κ1) is 24.2. The Bertz CT molecular complexity index is 1370. The van der Waals surface area contributed by atoms with Gasteiger partial charge in [-0.3, -0.25) is 4.79 Å². The maximum Gasteiger partial charge on any atom is 0.232 e. The van der Waals surface area contributed by atoms with Crippen molar-refractivity contribution in [2.24, 2.45) is 0 Å². The van der Waals surface area contributed by atoms with Gasteiger partial charge in [0.05, 0.1) is 0 Å². The average molecular weight is 495 g/mol. The fourth-order valence-electron chi connectivity index (χ4n) is 4.50. The first-order valence-corrected chi connectivity index (χ1v) is 12.5. The van der Waals surface area contributed by atoms with Crippen molar-refractivity contribution in [3.63, 3.8) is 0 Å². The Morgan fingerprint density at radius 2 is 1.65 bits per heavy atom. The van der Waals surface area contributed by atoms with Crippen LogP contribution in [0.5, 0.6) is 5.75 Å². The fourth-order valence-corrected chi connectivity index (χ4v) is 4.50. The number of carbonyl (C=O) groups excluding carboxylic acids is 1. The van der Waals surface area contributed by atoms with Gasteiger partial charge in [0.2, 0.25) is 17.8 Å². The van der Waals surface area contributed by atoms with Crippen molar-refractivity contribution in [2.75, 3.05) is 28.6 Å². The lowest BCUT2D eigenvalue weighted by Gasteiger charge is -2.32. The predicted octanol–water partition coefficient (Wildman–Crippen LogP) is 5.60. The molecule has 4 aromatic rings. The molecule has 0 saturated carbocycles. The number of anilines is 4. The molecule has 1 aromatic heterocycles. The van der Waals surface area contributed by atoms with E-state index < -0.39 is 0 Å². The zero-order chi connectivity index (χ0) is 25.6. The van der Waals surface area contributed by atoms with Crippen molar-refractivity contribution in [1.82, 2.24) is 15.0 Å². The van der Waals surface area contributed by atoms with Gasteiger partial charge in [0.1, 0.15) is 18.2 Å². The summed E-state index contributed by atoms with van der Waals surface area (Å²) in [6, 6.07) is 24.2. The summed E-state index contributed by atoms with van der Waals surface area (Å²) in [4.78, 5) is 27.0. The molecule has 2 heterocycles. The van der Waals surface area contributed by atoms with Crippen molar-refractivity contribution in [3.05, 3.63) is 84.7 Å². The van der Waals surface area contributed by atoms with Crippen LogP contribution >= 0.6 is 0 Å². The van der Waals surface area contributed by atoms with Crippen molar-refractivity contribution in [1.29, 1.82) is 0 Å². The summed E-state index contributed by atoms with van der Waals surface area (Å²) in [6.45, 7) is 5.02.